The fourth-order valence-corrected chi connectivity index (χ4v) is 2.59. The molecule has 112 valence electrons. The fourth-order valence-electron chi connectivity index (χ4n) is 1.60. The fraction of sp³-hybridized carbons (Fsp3) is 0.462. The van der Waals surface area contributed by atoms with Gasteiger partial charge in [0.1, 0.15) is 5.82 Å². The Morgan fingerprint density at radius 3 is 2.40 bits per heavy atom. The minimum absolute atomic E-state index is 0.555. The van der Waals surface area contributed by atoms with Crippen molar-refractivity contribution < 1.29 is 22.4 Å². The summed E-state index contributed by atoms with van der Waals surface area (Å²) >= 11 is 3.21. The van der Waals surface area contributed by atoms with Crippen LogP contribution in [-0.4, -0.2) is 16.8 Å². The highest BCUT2D eigenvalue weighted by Crippen LogP contribution is 2.32. The number of halogens is 5. The normalized spacial score (nSPS) is 12.3. The number of amides is 1. The zero-order valence-corrected chi connectivity index (χ0v) is 12.5. The van der Waals surface area contributed by atoms with E-state index in [1.165, 1.54) is 0 Å². The molecule has 2 nitrogen and oxygen atoms in total. The molecule has 0 aliphatic carbocycles. The molecule has 0 heterocycles. The lowest BCUT2D eigenvalue weighted by atomic mass is 10.0. The Kier molecular flexibility index (Phi) is 5.18. The largest absolute Gasteiger partial charge is 0.419 e. The first-order chi connectivity index (χ1) is 9.08. The standard InChI is InChI=1S/C13H14BrF4NO/c1-12(2,6-7-14)19-11(20)8-4-3-5-9(10(8)15)13(16,17)18/h3-5H,6-7H2,1-2H3,(H,19,20). The van der Waals surface area contributed by atoms with Gasteiger partial charge in [0.2, 0.25) is 0 Å². The van der Waals surface area contributed by atoms with Crippen LogP contribution in [0.2, 0.25) is 0 Å². The predicted molar refractivity (Wildman–Crippen MR) is 71.4 cm³/mol. The first-order valence-electron chi connectivity index (χ1n) is 5.82. The van der Waals surface area contributed by atoms with Gasteiger partial charge in [-0.15, -0.1) is 0 Å². The summed E-state index contributed by atoms with van der Waals surface area (Å²) in [7, 11) is 0. The molecule has 0 saturated carbocycles. The summed E-state index contributed by atoms with van der Waals surface area (Å²) in [6.07, 6.45) is -4.27. The van der Waals surface area contributed by atoms with Gasteiger partial charge in [-0.3, -0.25) is 4.79 Å². The van der Waals surface area contributed by atoms with Gasteiger partial charge >= 0.3 is 6.18 Å². The van der Waals surface area contributed by atoms with E-state index in [1.807, 2.05) is 0 Å². The van der Waals surface area contributed by atoms with Crippen LogP contribution in [0.3, 0.4) is 0 Å². The average molecular weight is 356 g/mol. The van der Waals surface area contributed by atoms with Crippen molar-refractivity contribution in [3.8, 4) is 0 Å². The highest BCUT2D eigenvalue weighted by Gasteiger charge is 2.36. The number of carbonyl (C=O) groups excluding carboxylic acids is 1. The van der Waals surface area contributed by atoms with Gasteiger partial charge in [0.25, 0.3) is 5.91 Å². The second kappa shape index (κ2) is 6.11. The lowest BCUT2D eigenvalue weighted by Gasteiger charge is -2.25. The molecule has 1 aromatic rings. The van der Waals surface area contributed by atoms with Gasteiger partial charge in [0.05, 0.1) is 11.1 Å². The van der Waals surface area contributed by atoms with Gasteiger partial charge in [-0.05, 0) is 32.4 Å². The molecule has 20 heavy (non-hydrogen) atoms. The van der Waals surface area contributed by atoms with Gasteiger partial charge in [-0.25, -0.2) is 4.39 Å². The Morgan fingerprint density at radius 1 is 1.30 bits per heavy atom. The van der Waals surface area contributed by atoms with Crippen molar-refractivity contribution in [2.24, 2.45) is 0 Å². The summed E-state index contributed by atoms with van der Waals surface area (Å²) in [4.78, 5) is 11.9. The Morgan fingerprint density at radius 2 is 1.90 bits per heavy atom. The van der Waals surface area contributed by atoms with Crippen molar-refractivity contribution in [1.82, 2.24) is 5.32 Å². The molecule has 1 aromatic carbocycles. The molecule has 0 aromatic heterocycles. The molecule has 0 aliphatic heterocycles. The summed E-state index contributed by atoms with van der Waals surface area (Å²) in [6, 6.07) is 2.65. The maximum absolute atomic E-state index is 13.8. The van der Waals surface area contributed by atoms with E-state index < -0.39 is 34.6 Å². The Hall–Kier alpha value is -1.11. The minimum Gasteiger partial charge on any atom is -0.347 e. The number of nitrogens with one attached hydrogen (secondary N) is 1. The minimum atomic E-state index is -4.83. The molecule has 0 unspecified atom stereocenters. The third-order valence-corrected chi connectivity index (χ3v) is 3.12. The van der Waals surface area contributed by atoms with E-state index in [1.54, 1.807) is 13.8 Å². The lowest BCUT2D eigenvalue weighted by Crippen LogP contribution is -2.44. The SMILES string of the molecule is CC(C)(CCBr)NC(=O)c1cccc(C(F)(F)F)c1F. The first-order valence-corrected chi connectivity index (χ1v) is 6.95. The molecule has 0 radical (unpaired) electrons. The van der Waals surface area contributed by atoms with Crippen molar-refractivity contribution >= 4 is 21.8 Å². The lowest BCUT2D eigenvalue weighted by molar-refractivity contribution is -0.140. The van der Waals surface area contributed by atoms with Crippen LogP contribution in [0.5, 0.6) is 0 Å². The van der Waals surface area contributed by atoms with Crippen LogP contribution >= 0.6 is 15.9 Å². The average Bonchev–Trinajstić information content (AvgIpc) is 2.26. The number of hydrogen-bond acceptors (Lipinski definition) is 1. The van der Waals surface area contributed by atoms with Gasteiger partial charge < -0.3 is 5.32 Å². The second-order valence-corrected chi connectivity index (χ2v) is 5.73. The summed E-state index contributed by atoms with van der Waals surface area (Å²) in [6.45, 7) is 3.41. The van der Waals surface area contributed by atoms with Crippen LogP contribution in [0, 0.1) is 5.82 Å². The van der Waals surface area contributed by atoms with Crippen molar-refractivity contribution in [2.75, 3.05) is 5.33 Å². The van der Waals surface area contributed by atoms with Crippen LogP contribution in [0.4, 0.5) is 17.6 Å². The number of hydrogen-bond donors (Lipinski definition) is 1. The van der Waals surface area contributed by atoms with E-state index in [-0.39, 0.29) is 0 Å². The summed E-state index contributed by atoms with van der Waals surface area (Å²) in [5.74, 6) is -2.41. The van der Waals surface area contributed by atoms with Crippen molar-refractivity contribution in [2.45, 2.75) is 32.0 Å². The van der Waals surface area contributed by atoms with Crippen molar-refractivity contribution in [1.29, 1.82) is 0 Å². The van der Waals surface area contributed by atoms with E-state index in [9.17, 15) is 22.4 Å². The third kappa shape index (κ3) is 4.19. The second-order valence-electron chi connectivity index (χ2n) is 4.94. The molecule has 7 heteroatoms. The van der Waals surface area contributed by atoms with E-state index in [2.05, 4.69) is 21.2 Å². The van der Waals surface area contributed by atoms with Crippen LogP contribution in [0.25, 0.3) is 0 Å². The molecular formula is C13H14BrF4NO. The van der Waals surface area contributed by atoms with E-state index >= 15 is 0 Å². The molecule has 0 saturated heterocycles. The van der Waals surface area contributed by atoms with Crippen LogP contribution in [-0.2, 0) is 6.18 Å². The molecule has 0 fully saturated rings. The van der Waals surface area contributed by atoms with Gasteiger partial charge in [0.15, 0.2) is 0 Å². The highest BCUT2D eigenvalue weighted by atomic mass is 79.9. The molecule has 1 rings (SSSR count). The number of benzene rings is 1. The molecular weight excluding hydrogens is 342 g/mol. The zero-order valence-electron chi connectivity index (χ0n) is 10.9. The maximum Gasteiger partial charge on any atom is 0.419 e. The van der Waals surface area contributed by atoms with Gasteiger partial charge in [-0.1, -0.05) is 22.0 Å². The molecule has 0 bridgehead atoms. The Balaban J connectivity index is 3.06. The van der Waals surface area contributed by atoms with Crippen molar-refractivity contribution in [3.05, 3.63) is 35.1 Å². The summed E-state index contributed by atoms with van der Waals surface area (Å²) < 4.78 is 51.5. The molecule has 0 atom stereocenters. The molecule has 1 amide bonds. The smallest absolute Gasteiger partial charge is 0.347 e. The van der Waals surface area contributed by atoms with E-state index in [0.717, 1.165) is 12.1 Å². The Bertz CT molecular complexity index is 500. The number of carbonyl (C=O) groups is 1. The van der Waals surface area contributed by atoms with Crippen molar-refractivity contribution in [3.63, 3.8) is 0 Å². The summed E-state index contributed by atoms with van der Waals surface area (Å²) in [5.41, 5.74) is -2.70. The van der Waals surface area contributed by atoms with E-state index in [4.69, 9.17) is 0 Å². The predicted octanol–water partition coefficient (Wildman–Crippen LogP) is 4.14. The third-order valence-electron chi connectivity index (χ3n) is 2.72. The topological polar surface area (TPSA) is 29.1 Å². The maximum atomic E-state index is 13.8. The highest BCUT2D eigenvalue weighted by molar-refractivity contribution is 9.09. The van der Waals surface area contributed by atoms with Crippen LogP contribution in [0.15, 0.2) is 18.2 Å². The zero-order chi connectivity index (χ0) is 15.6. The monoisotopic (exact) mass is 355 g/mol. The number of alkyl halides is 4. The Labute approximate surface area is 122 Å². The summed E-state index contributed by atoms with van der Waals surface area (Å²) in [5, 5.41) is 3.12. The van der Waals surface area contributed by atoms with Crippen LogP contribution in [0.1, 0.15) is 36.2 Å². The van der Waals surface area contributed by atoms with Gasteiger partial charge in [-0.2, -0.15) is 13.2 Å². The molecule has 1 N–H and O–H groups in total. The number of rotatable bonds is 4. The first kappa shape index (κ1) is 16.9. The van der Waals surface area contributed by atoms with Crippen LogP contribution < -0.4 is 5.32 Å². The molecule has 0 spiro atoms. The van der Waals surface area contributed by atoms with Gasteiger partial charge in [0, 0.05) is 10.9 Å². The quantitative estimate of drug-likeness (QED) is 0.638. The molecule has 0 aliphatic rings. The van der Waals surface area contributed by atoms with E-state index in [0.29, 0.717) is 17.8 Å².